The Morgan fingerprint density at radius 3 is 1.05 bits per heavy atom. The predicted molar refractivity (Wildman–Crippen MR) is 167 cm³/mol. The van der Waals surface area contributed by atoms with Crippen molar-refractivity contribution in [3.05, 3.63) is 72.9 Å². The Balaban J connectivity index is 3.31. The fourth-order valence-electron chi connectivity index (χ4n) is 4.29. The van der Waals surface area contributed by atoms with Crippen LogP contribution in [0.2, 0.25) is 0 Å². The van der Waals surface area contributed by atoms with E-state index in [1.165, 1.54) is 83.5 Å². The molecule has 216 valence electrons. The van der Waals surface area contributed by atoms with Crippen LogP contribution in [0, 0.1) is 0 Å². The Bertz CT molecular complexity index is 663. The first-order valence-electron chi connectivity index (χ1n) is 15.9. The smallest absolute Gasteiger partial charge is 0.0414 e. The highest BCUT2D eigenvalue weighted by molar-refractivity contribution is 5.64. The molecule has 0 saturated carbocycles. The summed E-state index contributed by atoms with van der Waals surface area (Å²) in [7, 11) is 0. The molecular weight excluding hydrogens is 464 g/mol. The van der Waals surface area contributed by atoms with Crippen molar-refractivity contribution in [3.8, 4) is 0 Å². The van der Waals surface area contributed by atoms with Crippen LogP contribution < -0.4 is 5.11 Å². The summed E-state index contributed by atoms with van der Waals surface area (Å²) in [5.74, 6) is -0.908. The first kappa shape index (κ1) is 35.9. The summed E-state index contributed by atoms with van der Waals surface area (Å²) in [6.45, 7) is 2.17. The average molecular weight is 524 g/mol. The van der Waals surface area contributed by atoms with Crippen LogP contribution in [0.15, 0.2) is 72.9 Å². The van der Waals surface area contributed by atoms with Gasteiger partial charge in [0, 0.05) is 5.97 Å². The van der Waals surface area contributed by atoms with E-state index in [9.17, 15) is 9.90 Å². The Kier molecular flexibility index (Phi) is 31.1. The Hall–Kier alpha value is -2.09. The van der Waals surface area contributed by atoms with Gasteiger partial charge in [-0.1, -0.05) is 157 Å². The van der Waals surface area contributed by atoms with Crippen molar-refractivity contribution in [3.63, 3.8) is 0 Å². The maximum Gasteiger partial charge on any atom is 0.0414 e. The lowest BCUT2D eigenvalue weighted by molar-refractivity contribution is -0.305. The normalized spacial score (nSPS) is 12.7. The van der Waals surface area contributed by atoms with Gasteiger partial charge in [0.25, 0.3) is 0 Å². The highest BCUT2D eigenvalue weighted by atomic mass is 16.4. The van der Waals surface area contributed by atoms with Gasteiger partial charge in [-0.25, -0.2) is 0 Å². The zero-order valence-electron chi connectivity index (χ0n) is 24.8. The summed E-state index contributed by atoms with van der Waals surface area (Å²) >= 11 is 0. The third-order valence-corrected chi connectivity index (χ3v) is 6.60. The highest BCUT2D eigenvalue weighted by Crippen LogP contribution is 2.14. The highest BCUT2D eigenvalue weighted by Gasteiger charge is 1.94. The molecule has 0 aliphatic heterocycles. The minimum atomic E-state index is -0.908. The van der Waals surface area contributed by atoms with Crippen LogP contribution in [0.4, 0.5) is 0 Å². The van der Waals surface area contributed by atoms with E-state index in [2.05, 4.69) is 79.8 Å². The fraction of sp³-hybridized carbons (Fsp3) is 0.639. The van der Waals surface area contributed by atoms with Gasteiger partial charge in [0.15, 0.2) is 0 Å². The Morgan fingerprint density at radius 1 is 0.421 bits per heavy atom. The summed E-state index contributed by atoms with van der Waals surface area (Å²) in [5, 5.41) is 10.3. The lowest BCUT2D eigenvalue weighted by Gasteiger charge is -2.04. The molecule has 0 fully saturated rings. The van der Waals surface area contributed by atoms with Crippen molar-refractivity contribution in [2.24, 2.45) is 0 Å². The van der Waals surface area contributed by atoms with Crippen LogP contribution in [-0.4, -0.2) is 5.97 Å². The SMILES string of the molecule is CC/C=C\C/C=C\C/C=C\C/C=C\C/C=C\C/C=C\CCCCCCCCCCCCCCCCC(=O)[O-]. The average Bonchev–Trinajstić information content (AvgIpc) is 2.91. The Morgan fingerprint density at radius 2 is 0.711 bits per heavy atom. The van der Waals surface area contributed by atoms with E-state index >= 15 is 0 Å². The minimum Gasteiger partial charge on any atom is -0.550 e. The van der Waals surface area contributed by atoms with Crippen LogP contribution in [0.1, 0.15) is 148 Å². The largest absolute Gasteiger partial charge is 0.550 e. The number of carboxylic acids is 1. The van der Waals surface area contributed by atoms with E-state index in [1.807, 2.05) is 0 Å². The van der Waals surface area contributed by atoms with Gasteiger partial charge in [-0.2, -0.15) is 0 Å². The number of carbonyl (C=O) groups excluding carboxylic acids is 1. The Labute approximate surface area is 236 Å². The summed E-state index contributed by atoms with van der Waals surface area (Å²) < 4.78 is 0. The molecule has 0 unspecified atom stereocenters. The third kappa shape index (κ3) is 33.9. The maximum absolute atomic E-state index is 10.3. The van der Waals surface area contributed by atoms with Crippen LogP contribution in [-0.2, 0) is 4.79 Å². The second-order valence-electron chi connectivity index (χ2n) is 10.3. The summed E-state index contributed by atoms with van der Waals surface area (Å²) in [6.07, 6.45) is 52.7. The van der Waals surface area contributed by atoms with Crippen molar-refractivity contribution in [1.29, 1.82) is 0 Å². The molecule has 0 aliphatic rings. The van der Waals surface area contributed by atoms with Crippen LogP contribution in [0.3, 0.4) is 0 Å². The van der Waals surface area contributed by atoms with Crippen molar-refractivity contribution < 1.29 is 9.90 Å². The molecule has 0 bridgehead atoms. The molecule has 0 radical (unpaired) electrons. The van der Waals surface area contributed by atoms with Gasteiger partial charge in [0.2, 0.25) is 0 Å². The van der Waals surface area contributed by atoms with E-state index < -0.39 is 5.97 Å². The molecule has 0 heterocycles. The molecule has 0 aromatic rings. The van der Waals surface area contributed by atoms with E-state index in [0.29, 0.717) is 0 Å². The van der Waals surface area contributed by atoms with Gasteiger partial charge in [0.1, 0.15) is 0 Å². The zero-order valence-corrected chi connectivity index (χ0v) is 24.8. The molecule has 2 nitrogen and oxygen atoms in total. The lowest BCUT2D eigenvalue weighted by atomic mass is 10.0. The van der Waals surface area contributed by atoms with Gasteiger partial charge in [-0.05, 0) is 64.2 Å². The summed E-state index contributed by atoms with van der Waals surface area (Å²) in [5.41, 5.74) is 0. The standard InChI is InChI=1S/C36H60O2/c1-2-3-4-5-6-7-8-9-10-11-12-13-14-15-16-17-18-19-20-21-22-23-24-25-26-27-28-29-30-31-32-33-34-35-36(37)38/h3-4,6-7,9-10,12-13,15-16,18-19H,2,5,8,11,14,17,20-35H2,1H3,(H,37,38)/p-1/b4-3-,7-6-,10-9-,13-12-,16-15-,19-18-. The number of aliphatic carboxylic acids is 1. The van der Waals surface area contributed by atoms with Crippen LogP contribution >= 0.6 is 0 Å². The molecule has 0 atom stereocenters. The molecule has 38 heavy (non-hydrogen) atoms. The van der Waals surface area contributed by atoms with Gasteiger partial charge in [-0.3, -0.25) is 0 Å². The molecule has 0 rings (SSSR count). The molecule has 0 spiro atoms. The van der Waals surface area contributed by atoms with E-state index in [1.54, 1.807) is 0 Å². The molecule has 0 amide bonds. The summed E-state index contributed by atoms with van der Waals surface area (Å²) in [6, 6.07) is 0. The monoisotopic (exact) mass is 523 g/mol. The second-order valence-corrected chi connectivity index (χ2v) is 10.3. The molecular formula is C36H59O2-. The molecule has 0 aromatic heterocycles. The van der Waals surface area contributed by atoms with Gasteiger partial charge in [-0.15, -0.1) is 0 Å². The fourth-order valence-corrected chi connectivity index (χ4v) is 4.29. The molecule has 0 N–H and O–H groups in total. The number of hydrogen-bond acceptors (Lipinski definition) is 2. The first-order chi connectivity index (χ1) is 18.8. The number of carboxylic acid groups (broad SMARTS) is 1. The molecule has 0 saturated heterocycles. The van der Waals surface area contributed by atoms with Gasteiger partial charge in [0.05, 0.1) is 0 Å². The van der Waals surface area contributed by atoms with E-state index in [-0.39, 0.29) is 6.42 Å². The maximum atomic E-state index is 10.3. The number of allylic oxidation sites excluding steroid dienone is 12. The molecule has 2 heteroatoms. The summed E-state index contributed by atoms with van der Waals surface area (Å²) in [4.78, 5) is 10.3. The van der Waals surface area contributed by atoms with Gasteiger partial charge < -0.3 is 9.90 Å². The second kappa shape index (κ2) is 32.9. The van der Waals surface area contributed by atoms with Crippen molar-refractivity contribution in [2.75, 3.05) is 0 Å². The minimum absolute atomic E-state index is 0.225. The van der Waals surface area contributed by atoms with Crippen molar-refractivity contribution in [1.82, 2.24) is 0 Å². The number of hydrogen-bond donors (Lipinski definition) is 0. The first-order valence-corrected chi connectivity index (χ1v) is 15.9. The number of unbranched alkanes of at least 4 members (excludes halogenated alkanes) is 14. The lowest BCUT2D eigenvalue weighted by Crippen LogP contribution is -2.21. The topological polar surface area (TPSA) is 40.1 Å². The van der Waals surface area contributed by atoms with Crippen LogP contribution in [0.5, 0.6) is 0 Å². The van der Waals surface area contributed by atoms with Crippen molar-refractivity contribution in [2.45, 2.75) is 148 Å². The molecule has 0 aromatic carbocycles. The van der Waals surface area contributed by atoms with Gasteiger partial charge >= 0.3 is 0 Å². The van der Waals surface area contributed by atoms with Crippen molar-refractivity contribution >= 4 is 5.97 Å². The number of rotatable bonds is 28. The van der Waals surface area contributed by atoms with Crippen LogP contribution in [0.25, 0.3) is 0 Å². The quantitative estimate of drug-likeness (QED) is 0.0755. The third-order valence-electron chi connectivity index (χ3n) is 6.60. The zero-order chi connectivity index (χ0) is 27.6. The predicted octanol–water partition coefficient (Wildman–Crippen LogP) is 10.7. The number of carbonyl (C=O) groups is 1. The molecule has 0 aliphatic carbocycles. The van der Waals surface area contributed by atoms with E-state index in [4.69, 9.17) is 0 Å². The van der Waals surface area contributed by atoms with E-state index in [0.717, 1.165) is 51.4 Å².